The van der Waals surface area contributed by atoms with Crippen molar-refractivity contribution in [3.8, 4) is 16.9 Å². The number of nitrogens with zero attached hydrogens (tertiary/aromatic N) is 1. The van der Waals surface area contributed by atoms with Crippen LogP contribution in [0.4, 0.5) is 23.7 Å². The Hall–Kier alpha value is -3.27. The van der Waals surface area contributed by atoms with Crippen molar-refractivity contribution in [3.05, 3.63) is 48.5 Å². The number of urea groups is 1. The first kappa shape index (κ1) is 32.1. The van der Waals surface area contributed by atoms with Gasteiger partial charge in [0.25, 0.3) is 0 Å². The van der Waals surface area contributed by atoms with E-state index in [1.54, 1.807) is 4.90 Å². The van der Waals surface area contributed by atoms with E-state index >= 15 is 0 Å². The molecule has 3 amide bonds. The average Bonchev–Trinajstić information content (AvgIpc) is 2.94. The van der Waals surface area contributed by atoms with Crippen LogP contribution in [-0.2, 0) is 4.79 Å². The van der Waals surface area contributed by atoms with E-state index in [4.69, 9.17) is 4.74 Å². The van der Waals surface area contributed by atoms with E-state index in [9.17, 15) is 27.9 Å². The van der Waals surface area contributed by atoms with Crippen molar-refractivity contribution in [3.63, 3.8) is 0 Å². The number of carbonyl (C=O) groups excluding carboxylic acids is 2. The number of alkyl halides is 3. The highest BCUT2D eigenvalue weighted by Crippen LogP contribution is 2.54. The molecule has 44 heavy (non-hydrogen) atoms. The molecule has 10 heteroatoms. The van der Waals surface area contributed by atoms with Crippen molar-refractivity contribution in [1.82, 2.24) is 10.6 Å². The van der Waals surface area contributed by atoms with Crippen LogP contribution in [0, 0.1) is 11.3 Å². The minimum Gasteiger partial charge on any atom is -0.491 e. The third-order valence-corrected chi connectivity index (χ3v) is 9.72. The number of halogens is 3. The molecule has 0 saturated heterocycles. The summed E-state index contributed by atoms with van der Waals surface area (Å²) in [5.74, 6) is -0.551. The van der Waals surface area contributed by atoms with Crippen LogP contribution in [0.5, 0.6) is 5.75 Å². The highest BCUT2D eigenvalue weighted by Gasteiger charge is 2.63. The number of anilines is 1. The fourth-order valence-corrected chi connectivity index (χ4v) is 7.09. The van der Waals surface area contributed by atoms with E-state index in [1.165, 1.54) is 0 Å². The lowest BCUT2D eigenvalue weighted by Crippen LogP contribution is -2.62. The van der Waals surface area contributed by atoms with Crippen molar-refractivity contribution in [1.29, 1.82) is 0 Å². The summed E-state index contributed by atoms with van der Waals surface area (Å²) in [6, 6.07) is 15.1. The highest BCUT2D eigenvalue weighted by molar-refractivity contribution is 5.96. The molecule has 0 atom stereocenters. The molecule has 4 fully saturated rings. The minimum atomic E-state index is -4.77. The Morgan fingerprint density at radius 2 is 1.57 bits per heavy atom. The van der Waals surface area contributed by atoms with E-state index in [-0.39, 0.29) is 35.0 Å². The zero-order valence-corrected chi connectivity index (χ0v) is 26.0. The van der Waals surface area contributed by atoms with Crippen molar-refractivity contribution in [2.24, 2.45) is 11.3 Å². The minimum absolute atomic E-state index is 0.0285. The lowest BCUT2D eigenvalue weighted by molar-refractivity contribution is -0.295. The van der Waals surface area contributed by atoms with Gasteiger partial charge in [-0.05, 0) is 120 Å². The number of hydrogen-bond acceptors (Lipinski definition) is 4. The molecule has 4 saturated carbocycles. The molecule has 2 aromatic carbocycles. The van der Waals surface area contributed by atoms with E-state index < -0.39 is 30.5 Å². The van der Waals surface area contributed by atoms with E-state index in [0.29, 0.717) is 12.2 Å². The topological polar surface area (TPSA) is 90.9 Å². The van der Waals surface area contributed by atoms with Gasteiger partial charge >= 0.3 is 12.2 Å². The van der Waals surface area contributed by atoms with Crippen LogP contribution in [0.3, 0.4) is 0 Å². The van der Waals surface area contributed by atoms with E-state index in [2.05, 4.69) is 10.6 Å². The molecule has 6 rings (SSSR count). The number of carbonyl (C=O) groups is 2. The van der Waals surface area contributed by atoms with Crippen molar-refractivity contribution in [2.75, 3.05) is 11.4 Å². The van der Waals surface area contributed by atoms with E-state index in [1.807, 2.05) is 76.2 Å². The molecular formula is C34H44F3N3O4. The first-order valence-electron chi connectivity index (χ1n) is 15.7. The quantitative estimate of drug-likeness (QED) is 0.284. The number of benzene rings is 2. The molecule has 7 nitrogen and oxygen atoms in total. The molecule has 0 aromatic heterocycles. The summed E-state index contributed by atoms with van der Waals surface area (Å²) >= 11 is 0. The molecule has 3 N–H and O–H groups in total. The summed E-state index contributed by atoms with van der Waals surface area (Å²) in [6.07, 6.45) is -1.26. The standard InChI is InChI=1S/C34H44F3N3O4/c1-22(2)38-30(42)39-32-15-12-31(13-16-32,14-17-32)21-40(29(41)26-19-33(43,20-26)34(35,36)37)27-7-5-6-25(18-27)24-8-10-28(11-9-24)44-23(3)4/h5-11,18,22-23,26,43H,12-17,19-21H2,1-4H3,(H2,38,39,42). The maximum Gasteiger partial charge on any atom is 0.417 e. The average molecular weight is 616 g/mol. The zero-order chi connectivity index (χ0) is 31.9. The fourth-order valence-electron chi connectivity index (χ4n) is 7.09. The number of aliphatic hydroxyl groups is 1. The van der Waals surface area contributed by atoms with Gasteiger partial charge in [-0.3, -0.25) is 4.79 Å². The largest absolute Gasteiger partial charge is 0.491 e. The molecule has 0 aliphatic heterocycles. The molecule has 4 aliphatic carbocycles. The van der Waals surface area contributed by atoms with Crippen LogP contribution in [-0.4, -0.2) is 53.1 Å². The first-order chi connectivity index (χ1) is 20.6. The van der Waals surface area contributed by atoms with Gasteiger partial charge in [0.2, 0.25) is 5.91 Å². The predicted octanol–water partition coefficient (Wildman–Crippen LogP) is 6.98. The monoisotopic (exact) mass is 615 g/mol. The molecule has 4 aliphatic rings. The maximum absolute atomic E-state index is 14.0. The van der Waals surface area contributed by atoms with E-state index in [0.717, 1.165) is 55.4 Å². The highest BCUT2D eigenvalue weighted by atomic mass is 19.4. The molecule has 240 valence electrons. The summed E-state index contributed by atoms with van der Waals surface area (Å²) in [6.45, 7) is 8.13. The van der Waals surface area contributed by atoms with Crippen LogP contribution in [0.15, 0.2) is 48.5 Å². The zero-order valence-electron chi connectivity index (χ0n) is 26.0. The van der Waals surface area contributed by atoms with Crippen LogP contribution >= 0.6 is 0 Å². The molecule has 2 aromatic rings. The molecule has 0 heterocycles. The number of nitrogens with one attached hydrogen (secondary N) is 2. The van der Waals surface area contributed by atoms with Gasteiger partial charge < -0.3 is 25.4 Å². The Morgan fingerprint density at radius 1 is 0.955 bits per heavy atom. The number of fused-ring (bicyclic) bond motifs is 3. The Balaban J connectivity index is 1.38. The number of rotatable bonds is 9. The fraction of sp³-hybridized carbons (Fsp3) is 0.588. The Labute approximate surface area is 257 Å². The number of ether oxygens (including phenoxy) is 1. The second-order valence-electron chi connectivity index (χ2n) is 13.8. The van der Waals surface area contributed by atoms with Gasteiger partial charge in [-0.25, -0.2) is 4.79 Å². The lowest BCUT2D eigenvalue weighted by atomic mass is 9.57. The molecule has 0 radical (unpaired) electrons. The summed E-state index contributed by atoms with van der Waals surface area (Å²) in [7, 11) is 0. The third-order valence-electron chi connectivity index (χ3n) is 9.72. The second-order valence-corrected chi connectivity index (χ2v) is 13.8. The number of hydrogen-bond donors (Lipinski definition) is 3. The predicted molar refractivity (Wildman–Crippen MR) is 163 cm³/mol. The van der Waals surface area contributed by atoms with Gasteiger partial charge in [-0.1, -0.05) is 24.3 Å². The third kappa shape index (κ3) is 6.70. The van der Waals surface area contributed by atoms with Gasteiger partial charge in [0, 0.05) is 29.7 Å². The van der Waals surface area contributed by atoms with Crippen molar-refractivity contribution in [2.45, 2.75) is 109 Å². The van der Waals surface area contributed by atoms with Crippen LogP contribution in [0.25, 0.3) is 11.1 Å². The smallest absolute Gasteiger partial charge is 0.417 e. The van der Waals surface area contributed by atoms with Crippen molar-refractivity contribution >= 4 is 17.6 Å². The molecule has 0 unspecified atom stereocenters. The van der Waals surface area contributed by atoms with Gasteiger partial charge in [0.05, 0.1) is 6.10 Å². The SMILES string of the molecule is CC(C)NC(=O)NC12CCC(CN(C(=O)C3CC(O)(C(F)(F)F)C3)c3cccc(-c4ccc(OC(C)C)cc4)c3)(CC1)CC2. The molecular weight excluding hydrogens is 571 g/mol. The summed E-state index contributed by atoms with van der Waals surface area (Å²) in [5, 5.41) is 16.2. The van der Waals surface area contributed by atoms with Gasteiger partial charge in [0.1, 0.15) is 5.75 Å². The molecule has 0 spiro atoms. The Morgan fingerprint density at radius 3 is 2.11 bits per heavy atom. The van der Waals surface area contributed by atoms with Crippen LogP contribution in [0.1, 0.15) is 79.1 Å². The van der Waals surface area contributed by atoms with Crippen molar-refractivity contribution < 1.29 is 32.6 Å². The Kier molecular flexibility index (Phi) is 8.70. The summed E-state index contributed by atoms with van der Waals surface area (Å²) in [4.78, 5) is 28.1. The molecule has 2 bridgehead atoms. The number of amides is 3. The van der Waals surface area contributed by atoms with Gasteiger partial charge in [0.15, 0.2) is 5.60 Å². The van der Waals surface area contributed by atoms with Gasteiger partial charge in [-0.15, -0.1) is 0 Å². The Bertz CT molecular complexity index is 1330. The maximum atomic E-state index is 14.0. The van der Waals surface area contributed by atoms with Gasteiger partial charge in [-0.2, -0.15) is 13.2 Å². The normalized spacial score (nSPS) is 28.0. The van der Waals surface area contributed by atoms with Crippen LogP contribution < -0.4 is 20.3 Å². The first-order valence-corrected chi connectivity index (χ1v) is 15.7. The summed E-state index contributed by atoms with van der Waals surface area (Å²) in [5.41, 5.74) is -0.878. The lowest BCUT2D eigenvalue weighted by Gasteiger charge is -2.55. The summed E-state index contributed by atoms with van der Waals surface area (Å²) < 4.78 is 46.1. The van der Waals surface area contributed by atoms with Crippen LogP contribution in [0.2, 0.25) is 0 Å². The second kappa shape index (κ2) is 11.9.